The summed E-state index contributed by atoms with van der Waals surface area (Å²) < 4.78 is 1.78. The van der Waals surface area contributed by atoms with E-state index in [1.165, 1.54) is 0 Å². The van der Waals surface area contributed by atoms with Crippen LogP contribution < -0.4 is 0 Å². The molecule has 0 amide bonds. The van der Waals surface area contributed by atoms with E-state index in [1.54, 1.807) is 4.68 Å². The molecule has 1 aromatic carbocycles. The minimum absolute atomic E-state index is 0.114. The molecule has 1 heterocycles. The summed E-state index contributed by atoms with van der Waals surface area (Å²) in [7, 11) is 1.86. The Bertz CT molecular complexity index is 590. The van der Waals surface area contributed by atoms with Crippen LogP contribution in [0.15, 0.2) is 30.3 Å². The lowest BCUT2D eigenvalue weighted by Gasteiger charge is -2.14. The van der Waals surface area contributed by atoms with Gasteiger partial charge in [0.25, 0.3) is 0 Å². The molecule has 19 heavy (non-hydrogen) atoms. The van der Waals surface area contributed by atoms with Gasteiger partial charge in [0.2, 0.25) is 6.54 Å². The van der Waals surface area contributed by atoms with Gasteiger partial charge in [0.1, 0.15) is 0 Å². The lowest BCUT2D eigenvalue weighted by Crippen LogP contribution is -2.15. The minimum Gasteiger partial charge on any atom is -0.272 e. The Morgan fingerprint density at radius 1 is 1.32 bits per heavy atom. The van der Waals surface area contributed by atoms with Crippen LogP contribution in [0.25, 0.3) is 0 Å². The fourth-order valence-corrected chi connectivity index (χ4v) is 2.49. The second kappa shape index (κ2) is 5.22. The van der Waals surface area contributed by atoms with Gasteiger partial charge in [-0.2, -0.15) is 5.10 Å². The number of benzene rings is 1. The van der Waals surface area contributed by atoms with E-state index in [0.29, 0.717) is 0 Å². The van der Waals surface area contributed by atoms with Gasteiger partial charge in [-0.15, -0.1) is 0 Å². The van der Waals surface area contributed by atoms with Crippen LogP contribution in [0, 0.1) is 24.0 Å². The van der Waals surface area contributed by atoms with Gasteiger partial charge >= 0.3 is 0 Å². The maximum Gasteiger partial charge on any atom is 0.214 e. The van der Waals surface area contributed by atoms with E-state index in [0.717, 1.165) is 22.5 Å². The van der Waals surface area contributed by atoms with E-state index in [1.807, 2.05) is 51.2 Å². The molecular weight excluding hydrogens is 242 g/mol. The van der Waals surface area contributed by atoms with Crippen molar-refractivity contribution in [2.75, 3.05) is 6.54 Å². The summed E-state index contributed by atoms with van der Waals surface area (Å²) in [6.45, 7) is 3.74. The molecular formula is C14H17N3O2. The number of hydrogen-bond donors (Lipinski definition) is 0. The number of nitrogens with zero attached hydrogens (tertiary/aromatic N) is 3. The van der Waals surface area contributed by atoms with E-state index < -0.39 is 0 Å². The van der Waals surface area contributed by atoms with Gasteiger partial charge in [-0.05, 0) is 19.4 Å². The van der Waals surface area contributed by atoms with Gasteiger partial charge in [0.05, 0.1) is 11.6 Å². The fourth-order valence-electron chi connectivity index (χ4n) is 2.49. The average Bonchev–Trinajstić information content (AvgIpc) is 2.62. The summed E-state index contributed by atoms with van der Waals surface area (Å²) in [5.74, 6) is -0.245. The van der Waals surface area contributed by atoms with E-state index in [2.05, 4.69) is 5.10 Å². The first-order valence-corrected chi connectivity index (χ1v) is 6.17. The maximum atomic E-state index is 11.0. The van der Waals surface area contributed by atoms with E-state index in [4.69, 9.17) is 0 Å². The molecule has 2 rings (SSSR count). The number of hydrogen-bond acceptors (Lipinski definition) is 3. The van der Waals surface area contributed by atoms with E-state index in [9.17, 15) is 10.1 Å². The van der Waals surface area contributed by atoms with E-state index >= 15 is 0 Å². The van der Waals surface area contributed by atoms with Gasteiger partial charge in [0, 0.05) is 23.2 Å². The lowest BCUT2D eigenvalue weighted by molar-refractivity contribution is -0.481. The topological polar surface area (TPSA) is 61.0 Å². The molecule has 0 aliphatic rings. The van der Waals surface area contributed by atoms with Crippen LogP contribution in [-0.2, 0) is 7.05 Å². The summed E-state index contributed by atoms with van der Waals surface area (Å²) in [6, 6.07) is 9.59. The fraction of sp³-hybridized carbons (Fsp3) is 0.357. The van der Waals surface area contributed by atoms with Crippen molar-refractivity contribution < 1.29 is 4.92 Å². The Labute approximate surface area is 112 Å². The third-order valence-electron chi connectivity index (χ3n) is 3.45. The van der Waals surface area contributed by atoms with Crippen LogP contribution in [0.1, 0.15) is 28.4 Å². The highest BCUT2D eigenvalue weighted by molar-refractivity contribution is 5.37. The Morgan fingerprint density at radius 3 is 2.42 bits per heavy atom. The molecule has 1 aromatic heterocycles. The summed E-state index contributed by atoms with van der Waals surface area (Å²) in [5, 5.41) is 15.3. The Kier molecular flexibility index (Phi) is 3.64. The Hall–Kier alpha value is -2.17. The first-order valence-electron chi connectivity index (χ1n) is 6.17. The zero-order chi connectivity index (χ0) is 14.0. The van der Waals surface area contributed by atoms with Gasteiger partial charge in [0.15, 0.2) is 0 Å². The number of aryl methyl sites for hydroxylation is 2. The molecule has 0 N–H and O–H groups in total. The third-order valence-corrected chi connectivity index (χ3v) is 3.45. The summed E-state index contributed by atoms with van der Waals surface area (Å²) in [6.07, 6.45) is 0. The molecule has 100 valence electrons. The number of aromatic nitrogens is 2. The molecule has 0 aliphatic heterocycles. The molecule has 5 nitrogen and oxygen atoms in total. The normalized spacial score (nSPS) is 12.4. The van der Waals surface area contributed by atoms with Crippen molar-refractivity contribution in [1.29, 1.82) is 0 Å². The molecule has 0 fully saturated rings. The van der Waals surface area contributed by atoms with Gasteiger partial charge in [-0.1, -0.05) is 30.3 Å². The molecule has 5 heteroatoms. The van der Waals surface area contributed by atoms with E-state index in [-0.39, 0.29) is 17.4 Å². The predicted octanol–water partition coefficient (Wildman–Crippen LogP) is 2.45. The van der Waals surface area contributed by atoms with Gasteiger partial charge < -0.3 is 0 Å². The van der Waals surface area contributed by atoms with Crippen LogP contribution in [0.3, 0.4) is 0 Å². The van der Waals surface area contributed by atoms with Crippen LogP contribution >= 0.6 is 0 Å². The van der Waals surface area contributed by atoms with Crippen LogP contribution in [0.5, 0.6) is 0 Å². The molecule has 0 aliphatic carbocycles. The van der Waals surface area contributed by atoms with Crippen LogP contribution in [-0.4, -0.2) is 21.2 Å². The molecule has 0 spiro atoms. The average molecular weight is 259 g/mol. The molecule has 1 unspecified atom stereocenters. The zero-order valence-electron chi connectivity index (χ0n) is 11.3. The largest absolute Gasteiger partial charge is 0.272 e. The Morgan fingerprint density at radius 2 is 1.95 bits per heavy atom. The molecule has 0 saturated heterocycles. The van der Waals surface area contributed by atoms with Gasteiger partial charge in [-0.3, -0.25) is 14.8 Å². The SMILES string of the molecule is Cc1nn(C)c(C)c1C(C[N+](=O)[O-])c1ccccc1. The standard InChI is InChI=1S/C14H17N3O2/c1-10-14(11(2)16(3)15-10)13(9-17(18)19)12-7-5-4-6-8-12/h4-8,13H,9H2,1-3H3. The van der Waals surface area contributed by atoms with Crippen molar-refractivity contribution in [1.82, 2.24) is 9.78 Å². The van der Waals surface area contributed by atoms with Crippen molar-refractivity contribution in [3.63, 3.8) is 0 Å². The zero-order valence-corrected chi connectivity index (χ0v) is 11.3. The molecule has 0 radical (unpaired) electrons. The molecule has 1 atom stereocenters. The van der Waals surface area contributed by atoms with Crippen molar-refractivity contribution >= 4 is 0 Å². The highest BCUT2D eigenvalue weighted by Crippen LogP contribution is 2.29. The first-order chi connectivity index (χ1) is 9.00. The lowest BCUT2D eigenvalue weighted by atomic mass is 9.90. The molecule has 0 bridgehead atoms. The summed E-state index contributed by atoms with van der Waals surface area (Å²) >= 11 is 0. The monoisotopic (exact) mass is 259 g/mol. The number of rotatable bonds is 4. The highest BCUT2D eigenvalue weighted by atomic mass is 16.6. The predicted molar refractivity (Wildman–Crippen MR) is 72.8 cm³/mol. The second-order valence-corrected chi connectivity index (χ2v) is 4.69. The quantitative estimate of drug-likeness (QED) is 0.626. The molecule has 0 saturated carbocycles. The van der Waals surface area contributed by atoms with Crippen LogP contribution in [0.4, 0.5) is 0 Å². The Balaban J connectivity index is 2.52. The maximum absolute atomic E-state index is 11.0. The van der Waals surface area contributed by atoms with Crippen molar-refractivity contribution in [2.45, 2.75) is 19.8 Å². The highest BCUT2D eigenvalue weighted by Gasteiger charge is 2.26. The summed E-state index contributed by atoms with van der Waals surface area (Å²) in [4.78, 5) is 10.7. The second-order valence-electron chi connectivity index (χ2n) is 4.69. The van der Waals surface area contributed by atoms with Crippen molar-refractivity contribution in [3.8, 4) is 0 Å². The third kappa shape index (κ3) is 2.65. The molecule has 2 aromatic rings. The smallest absolute Gasteiger partial charge is 0.214 e. The first kappa shape index (κ1) is 13.3. The van der Waals surface area contributed by atoms with Crippen molar-refractivity contribution in [3.05, 3.63) is 63.0 Å². The summed E-state index contributed by atoms with van der Waals surface area (Å²) in [5.41, 5.74) is 3.76. The van der Waals surface area contributed by atoms with Crippen LogP contribution in [0.2, 0.25) is 0 Å². The minimum atomic E-state index is -0.260. The number of nitro groups is 1. The van der Waals surface area contributed by atoms with Crippen molar-refractivity contribution in [2.24, 2.45) is 7.05 Å². The van der Waals surface area contributed by atoms with Gasteiger partial charge in [-0.25, -0.2) is 0 Å².